The number of hydrogen-bond acceptors (Lipinski definition) is 5. The monoisotopic (exact) mass is 395 g/mol. The van der Waals surface area contributed by atoms with Gasteiger partial charge in [0.2, 0.25) is 0 Å². The first-order valence-corrected chi connectivity index (χ1v) is 10.3. The van der Waals surface area contributed by atoms with Gasteiger partial charge >= 0.3 is 0 Å². The van der Waals surface area contributed by atoms with E-state index >= 15 is 0 Å². The maximum absolute atomic E-state index is 12.6. The number of Topliss-reactive ketones (excluding diaryl/α,β-unsaturated/α-hetero) is 1. The van der Waals surface area contributed by atoms with Crippen molar-refractivity contribution in [3.05, 3.63) is 59.7 Å². The molecule has 0 N–H and O–H groups in total. The summed E-state index contributed by atoms with van der Waals surface area (Å²) in [6, 6.07) is 15.6. The number of ether oxygens (including phenoxy) is 1. The number of thioether (sulfide) groups is 1. The van der Waals surface area contributed by atoms with Crippen LogP contribution in [0.15, 0.2) is 53.7 Å². The molecule has 0 aliphatic rings. The van der Waals surface area contributed by atoms with Gasteiger partial charge in [-0.15, -0.1) is 10.2 Å². The molecule has 0 bridgehead atoms. The Labute approximate surface area is 170 Å². The average Bonchev–Trinajstić information content (AvgIpc) is 3.11. The van der Waals surface area contributed by atoms with Gasteiger partial charge in [-0.3, -0.25) is 4.79 Å². The van der Waals surface area contributed by atoms with E-state index in [9.17, 15) is 4.79 Å². The number of aromatic nitrogens is 3. The highest BCUT2D eigenvalue weighted by atomic mass is 32.2. The molecule has 0 fully saturated rings. The van der Waals surface area contributed by atoms with Gasteiger partial charge in [0, 0.05) is 12.6 Å². The van der Waals surface area contributed by atoms with Gasteiger partial charge in [0.1, 0.15) is 5.75 Å². The zero-order valence-electron chi connectivity index (χ0n) is 16.7. The van der Waals surface area contributed by atoms with Crippen LogP contribution in [0.2, 0.25) is 0 Å². The van der Waals surface area contributed by atoms with Crippen LogP contribution in [0.5, 0.6) is 5.75 Å². The van der Waals surface area contributed by atoms with Crippen LogP contribution in [-0.4, -0.2) is 33.4 Å². The minimum atomic E-state index is 0.0857. The number of hydrogen-bond donors (Lipinski definition) is 0. The lowest BCUT2D eigenvalue weighted by atomic mass is 9.97. The SMILES string of the molecule is CC[C@H](C)c1ccc(C(=O)CSc2nnc(-c3ccccc3OC)n2C)cc1. The maximum atomic E-state index is 12.6. The van der Waals surface area contributed by atoms with Gasteiger partial charge in [-0.05, 0) is 30.0 Å². The van der Waals surface area contributed by atoms with Gasteiger partial charge in [0.05, 0.1) is 18.4 Å². The molecule has 0 unspecified atom stereocenters. The van der Waals surface area contributed by atoms with E-state index in [1.165, 1.54) is 17.3 Å². The average molecular weight is 396 g/mol. The molecule has 0 aliphatic carbocycles. The highest BCUT2D eigenvalue weighted by molar-refractivity contribution is 7.99. The van der Waals surface area contributed by atoms with E-state index in [2.05, 4.69) is 24.0 Å². The van der Waals surface area contributed by atoms with Crippen LogP contribution in [0, 0.1) is 0 Å². The van der Waals surface area contributed by atoms with E-state index in [4.69, 9.17) is 4.74 Å². The van der Waals surface area contributed by atoms with Crippen LogP contribution >= 0.6 is 11.8 Å². The fourth-order valence-corrected chi connectivity index (χ4v) is 3.76. The van der Waals surface area contributed by atoms with Crippen molar-refractivity contribution in [2.45, 2.75) is 31.3 Å². The normalized spacial score (nSPS) is 12.0. The minimum absolute atomic E-state index is 0.0857. The molecule has 1 heterocycles. The molecule has 1 aromatic heterocycles. The lowest BCUT2D eigenvalue weighted by Gasteiger charge is -2.09. The summed E-state index contributed by atoms with van der Waals surface area (Å²) in [7, 11) is 3.53. The van der Waals surface area contributed by atoms with Crippen molar-refractivity contribution in [3.63, 3.8) is 0 Å². The van der Waals surface area contributed by atoms with Gasteiger partial charge in [-0.1, -0.05) is 62.0 Å². The van der Waals surface area contributed by atoms with E-state index < -0.39 is 0 Å². The number of nitrogens with zero attached hydrogens (tertiary/aromatic N) is 3. The fraction of sp³-hybridized carbons (Fsp3) is 0.318. The Morgan fingerprint density at radius 2 is 1.86 bits per heavy atom. The molecule has 6 heteroatoms. The summed E-state index contributed by atoms with van der Waals surface area (Å²) in [5.74, 6) is 2.37. The Balaban J connectivity index is 1.70. The lowest BCUT2D eigenvalue weighted by molar-refractivity contribution is 0.102. The number of methoxy groups -OCH3 is 1. The van der Waals surface area contributed by atoms with E-state index in [0.29, 0.717) is 22.7 Å². The second-order valence-electron chi connectivity index (χ2n) is 6.71. The van der Waals surface area contributed by atoms with Crippen LogP contribution in [0.1, 0.15) is 42.1 Å². The Bertz CT molecular complexity index is 951. The molecule has 0 spiro atoms. The van der Waals surface area contributed by atoms with Gasteiger partial charge < -0.3 is 9.30 Å². The number of carbonyl (C=O) groups excluding carboxylic acids is 1. The molecule has 0 aliphatic heterocycles. The summed E-state index contributed by atoms with van der Waals surface area (Å²) < 4.78 is 7.30. The standard InChI is InChI=1S/C22H25N3O2S/c1-5-15(2)16-10-12-17(13-11-16)19(26)14-28-22-24-23-21(25(22)3)18-8-6-7-9-20(18)27-4/h6-13,15H,5,14H2,1-4H3/t15-/m0/s1. The van der Waals surface area contributed by atoms with E-state index in [1.54, 1.807) is 7.11 Å². The fourth-order valence-electron chi connectivity index (χ4n) is 2.95. The molecule has 146 valence electrons. The Morgan fingerprint density at radius 3 is 2.54 bits per heavy atom. The number of benzene rings is 2. The topological polar surface area (TPSA) is 57.0 Å². The Hall–Kier alpha value is -2.60. The smallest absolute Gasteiger partial charge is 0.191 e. The first kappa shape index (κ1) is 20.1. The molecule has 3 rings (SSSR count). The second-order valence-corrected chi connectivity index (χ2v) is 7.65. The molecule has 1 atom stereocenters. The van der Waals surface area contributed by atoms with Gasteiger partial charge in [0.15, 0.2) is 16.8 Å². The minimum Gasteiger partial charge on any atom is -0.496 e. The molecule has 2 aromatic carbocycles. The second kappa shape index (κ2) is 9.06. The predicted molar refractivity (Wildman–Crippen MR) is 113 cm³/mol. The molecule has 0 saturated carbocycles. The van der Waals surface area contributed by atoms with Crippen molar-refractivity contribution in [1.29, 1.82) is 0 Å². The molecular weight excluding hydrogens is 370 g/mol. The van der Waals surface area contributed by atoms with Crippen molar-refractivity contribution in [2.75, 3.05) is 12.9 Å². The third-order valence-corrected chi connectivity index (χ3v) is 5.95. The molecule has 28 heavy (non-hydrogen) atoms. The summed E-state index contributed by atoms with van der Waals surface area (Å²) >= 11 is 1.39. The predicted octanol–water partition coefficient (Wildman–Crippen LogP) is 4.98. The number of para-hydroxylation sites is 1. The quantitative estimate of drug-likeness (QED) is 0.398. The Kier molecular flexibility index (Phi) is 6.52. The molecule has 0 saturated heterocycles. The first-order valence-electron chi connectivity index (χ1n) is 9.33. The van der Waals surface area contributed by atoms with Crippen LogP contribution < -0.4 is 4.74 Å². The summed E-state index contributed by atoms with van der Waals surface area (Å²) in [6.45, 7) is 4.36. The zero-order valence-corrected chi connectivity index (χ0v) is 17.5. The number of rotatable bonds is 8. The van der Waals surface area contributed by atoms with Gasteiger partial charge in [-0.2, -0.15) is 0 Å². The van der Waals surface area contributed by atoms with Gasteiger partial charge in [-0.25, -0.2) is 0 Å². The summed E-state index contributed by atoms with van der Waals surface area (Å²) in [4.78, 5) is 12.6. The first-order chi connectivity index (χ1) is 13.5. The molecular formula is C22H25N3O2S. The lowest BCUT2D eigenvalue weighted by Crippen LogP contribution is -2.04. The van der Waals surface area contributed by atoms with E-state index in [0.717, 1.165) is 23.3 Å². The van der Waals surface area contributed by atoms with Crippen LogP contribution in [0.25, 0.3) is 11.4 Å². The van der Waals surface area contributed by atoms with Crippen molar-refractivity contribution in [2.24, 2.45) is 7.05 Å². The van der Waals surface area contributed by atoms with E-state index in [-0.39, 0.29) is 5.78 Å². The molecule has 5 nitrogen and oxygen atoms in total. The molecule has 0 radical (unpaired) electrons. The number of carbonyl (C=O) groups is 1. The summed E-state index contributed by atoms with van der Waals surface area (Å²) in [6.07, 6.45) is 1.09. The van der Waals surface area contributed by atoms with Crippen molar-refractivity contribution >= 4 is 17.5 Å². The van der Waals surface area contributed by atoms with Crippen LogP contribution in [0.3, 0.4) is 0 Å². The third kappa shape index (κ3) is 4.28. The van der Waals surface area contributed by atoms with Crippen molar-refractivity contribution < 1.29 is 9.53 Å². The van der Waals surface area contributed by atoms with Crippen LogP contribution in [0.4, 0.5) is 0 Å². The highest BCUT2D eigenvalue weighted by Gasteiger charge is 2.16. The molecule has 0 amide bonds. The Morgan fingerprint density at radius 1 is 1.14 bits per heavy atom. The summed E-state index contributed by atoms with van der Waals surface area (Å²) in [5, 5.41) is 9.24. The summed E-state index contributed by atoms with van der Waals surface area (Å²) in [5.41, 5.74) is 2.87. The zero-order chi connectivity index (χ0) is 20.1. The third-order valence-electron chi connectivity index (χ3n) is 4.93. The maximum Gasteiger partial charge on any atom is 0.191 e. The van der Waals surface area contributed by atoms with Gasteiger partial charge in [0.25, 0.3) is 0 Å². The van der Waals surface area contributed by atoms with Crippen molar-refractivity contribution in [3.8, 4) is 17.1 Å². The largest absolute Gasteiger partial charge is 0.496 e. The highest BCUT2D eigenvalue weighted by Crippen LogP contribution is 2.30. The number of ketones is 1. The van der Waals surface area contributed by atoms with Crippen LogP contribution in [-0.2, 0) is 7.05 Å². The molecule has 3 aromatic rings. The van der Waals surface area contributed by atoms with E-state index in [1.807, 2.05) is 60.1 Å². The van der Waals surface area contributed by atoms with Crippen molar-refractivity contribution in [1.82, 2.24) is 14.8 Å².